The minimum Gasteiger partial charge on any atom is -0.507 e. The van der Waals surface area contributed by atoms with E-state index in [1.807, 2.05) is 5.01 Å². The van der Waals surface area contributed by atoms with Gasteiger partial charge in [0.2, 0.25) is 0 Å². The number of hydrogen-bond acceptors (Lipinski definition) is 15. The van der Waals surface area contributed by atoms with Crippen LogP contribution < -0.4 is 10.1 Å². The van der Waals surface area contributed by atoms with Crippen molar-refractivity contribution in [3.8, 4) is 23.0 Å². The Hall–Kier alpha value is -5.16. The third-order valence-corrected chi connectivity index (χ3v) is 13.9. The lowest BCUT2D eigenvalue weighted by Crippen LogP contribution is -2.55. The Morgan fingerprint density at radius 2 is 1.69 bits per heavy atom. The molecule has 3 unspecified atom stereocenters. The summed E-state index contributed by atoms with van der Waals surface area (Å²) < 4.78 is 23.8. The lowest BCUT2D eigenvalue weighted by molar-refractivity contribution is -0.160. The van der Waals surface area contributed by atoms with Gasteiger partial charge in [0.05, 0.1) is 59.5 Å². The van der Waals surface area contributed by atoms with Crippen LogP contribution in [0.3, 0.4) is 0 Å². The molecule has 5 aliphatic heterocycles. The quantitative estimate of drug-likeness (QED) is 0.0893. The first kappa shape index (κ1) is 48.3. The summed E-state index contributed by atoms with van der Waals surface area (Å²) >= 11 is 0. The van der Waals surface area contributed by atoms with Gasteiger partial charge < -0.3 is 49.8 Å². The van der Waals surface area contributed by atoms with Gasteiger partial charge in [0.1, 0.15) is 23.4 Å². The molecule has 0 aliphatic carbocycles. The first-order chi connectivity index (χ1) is 30.2. The van der Waals surface area contributed by atoms with E-state index in [1.165, 1.54) is 52.5 Å². The van der Waals surface area contributed by atoms with Crippen LogP contribution in [-0.2, 0) is 23.8 Å². The maximum absolute atomic E-state index is 14.6. The fourth-order valence-electron chi connectivity index (χ4n) is 9.69. The van der Waals surface area contributed by atoms with Crippen LogP contribution in [0.25, 0.3) is 10.8 Å². The van der Waals surface area contributed by atoms with Crippen molar-refractivity contribution in [1.29, 1.82) is 0 Å². The summed E-state index contributed by atoms with van der Waals surface area (Å²) in [5, 5.41) is 67.8. The number of ketones is 1. The van der Waals surface area contributed by atoms with Crippen molar-refractivity contribution in [3.05, 3.63) is 52.8 Å². The number of hydrazone groups is 1. The Morgan fingerprint density at radius 1 is 0.969 bits per heavy atom. The molecule has 0 spiro atoms. The summed E-state index contributed by atoms with van der Waals surface area (Å²) in [4.78, 5) is 43.4. The number of Topliss-reactive ketones (excluding diaryl/α,β-unsaturated/α-hetero) is 1. The molecule has 2 saturated heterocycles. The van der Waals surface area contributed by atoms with Crippen molar-refractivity contribution >= 4 is 40.3 Å². The Kier molecular flexibility index (Phi) is 14.7. The average molecular weight is 891 g/mol. The Balaban J connectivity index is 1.48. The number of carbonyl (C=O) groups is 3. The Bertz CT molecular complexity index is 2240. The number of ether oxygens (including phenoxy) is 4. The number of piperidine rings is 1. The molecule has 2 aromatic carbocycles. The number of fused-ring (bicyclic) bond motifs is 15. The summed E-state index contributed by atoms with van der Waals surface area (Å²) in [6.45, 7) is 17.9. The molecule has 1 amide bonds. The number of nitrogens with zero attached hydrogens (tertiary/aromatic N) is 3. The molecule has 2 aromatic rings. The van der Waals surface area contributed by atoms with E-state index in [0.29, 0.717) is 19.0 Å². The second-order valence-electron chi connectivity index (χ2n) is 18.3. The molecule has 5 heterocycles. The van der Waals surface area contributed by atoms with Crippen molar-refractivity contribution in [2.24, 2.45) is 34.7 Å². The summed E-state index contributed by atoms with van der Waals surface area (Å²) in [5.74, 6) is -7.62. The van der Waals surface area contributed by atoms with Gasteiger partial charge in [-0.15, -0.1) is 0 Å². The number of aliphatic hydroxyl groups excluding tert-OH is 2. The van der Waals surface area contributed by atoms with Crippen LogP contribution in [-0.4, -0.2) is 129 Å². The molecular formula is C48H66N4O12. The fourth-order valence-corrected chi connectivity index (χ4v) is 9.69. The second kappa shape index (κ2) is 19.5. The van der Waals surface area contributed by atoms with E-state index < -0.39 is 88.8 Å². The molecule has 7 rings (SSSR count). The van der Waals surface area contributed by atoms with Gasteiger partial charge in [0, 0.05) is 86.8 Å². The number of nitrogens with one attached hydrogen (secondary N) is 1. The number of esters is 1. The highest BCUT2D eigenvalue weighted by molar-refractivity contribution is 6.23. The molecule has 11 atom stereocenters. The van der Waals surface area contributed by atoms with Crippen LogP contribution in [0.15, 0.2) is 41.2 Å². The van der Waals surface area contributed by atoms with Crippen molar-refractivity contribution in [3.63, 3.8) is 0 Å². The number of piperazine rings is 1. The predicted octanol–water partition coefficient (Wildman–Crippen LogP) is 5.89. The van der Waals surface area contributed by atoms with Gasteiger partial charge in [0.25, 0.3) is 11.7 Å². The van der Waals surface area contributed by atoms with Gasteiger partial charge in [-0.25, -0.2) is 0 Å². The van der Waals surface area contributed by atoms with Gasteiger partial charge in [-0.3, -0.25) is 24.3 Å². The summed E-state index contributed by atoms with van der Waals surface area (Å²) in [6.07, 6.45) is 8.25. The SMILES string of the molecule is CCC1CCC2CN(/N=C/c3c4c(O)c5c(O)c(C)c6c(c5c3O)C(=O)[C@@](C)(O/C=C\[C@H](OC)[C@@H](C)[C@@H](OC(C)=O)[C@H](C)[C@H](O)[C@H](C)[C@@H](O)C(C)/C=C\C=C(\C)C(=O)N4)O6)CCN2C1. The number of aliphatic hydroxyl groups is 2. The summed E-state index contributed by atoms with van der Waals surface area (Å²) in [7, 11) is 1.44. The van der Waals surface area contributed by atoms with Gasteiger partial charge in [-0.1, -0.05) is 59.3 Å². The fraction of sp³-hybridized carbons (Fsp3) is 0.583. The second-order valence-corrected chi connectivity index (χ2v) is 18.3. The predicted molar refractivity (Wildman–Crippen MR) is 241 cm³/mol. The molecular weight excluding hydrogens is 825 g/mol. The Morgan fingerprint density at radius 3 is 2.36 bits per heavy atom. The largest absolute Gasteiger partial charge is 0.507 e. The molecule has 16 heteroatoms. The number of hydrogen-bond donors (Lipinski definition) is 6. The van der Waals surface area contributed by atoms with E-state index in [-0.39, 0.29) is 50.5 Å². The van der Waals surface area contributed by atoms with Crippen LogP contribution in [0.2, 0.25) is 0 Å². The number of phenolic OH excluding ortho intramolecular Hbond substituents is 3. The number of anilines is 1. The summed E-state index contributed by atoms with van der Waals surface area (Å²) in [5.41, 5.74) is -0.284. The number of rotatable bonds is 5. The third kappa shape index (κ3) is 9.33. The Labute approximate surface area is 375 Å². The molecule has 6 N–H and O–H groups in total. The number of phenols is 3. The topological polar surface area (TPSA) is 220 Å². The van der Waals surface area contributed by atoms with Crippen molar-refractivity contribution in [1.82, 2.24) is 9.91 Å². The average Bonchev–Trinajstić information content (AvgIpc) is 3.54. The number of benzene rings is 2. The van der Waals surface area contributed by atoms with Crippen molar-refractivity contribution in [2.45, 2.75) is 118 Å². The first-order valence-corrected chi connectivity index (χ1v) is 22.3. The minimum absolute atomic E-state index is 0.0636. The molecule has 0 saturated carbocycles. The van der Waals surface area contributed by atoms with E-state index in [1.54, 1.807) is 46.8 Å². The van der Waals surface area contributed by atoms with Crippen molar-refractivity contribution < 1.29 is 58.9 Å². The normalized spacial score (nSPS) is 33.9. The first-order valence-electron chi connectivity index (χ1n) is 22.3. The molecule has 0 radical (unpaired) electrons. The minimum atomic E-state index is -2.05. The van der Waals surface area contributed by atoms with E-state index in [4.69, 9.17) is 24.0 Å². The summed E-state index contributed by atoms with van der Waals surface area (Å²) in [6, 6.07) is 0.290. The smallest absolute Gasteiger partial charge is 0.312 e. The molecule has 5 aliphatic rings. The number of aromatic hydroxyl groups is 3. The molecule has 2 fully saturated rings. The number of carbonyl (C=O) groups excluding carboxylic acids is 3. The van der Waals surface area contributed by atoms with Gasteiger partial charge in [-0.05, 0) is 38.7 Å². The standard InChI is InChI=1S/C48H66N4O12/c1-11-31-15-16-32-23-52(19-18-51(32)22-31)49-21-33-38-43(58)36-35(42(33)57)37-45(29(7)41(36)56)64-48(9,46(37)59)62-20-17-34(61-10)26(4)44(63-30(8)53)28(6)40(55)27(5)39(54)24(2)13-12-14-25(3)47(60)50-38/h12-14,17,20-21,24,26-28,31-32,34,39-40,44,54-58H,11,15-16,18-19,22-23H2,1-10H3,(H,50,60)/b13-12-,20-17-,25-14-,49-21+/t24?,26-,27-,28-,31?,32?,34+,39+,40-,44-,48+/m1/s1. The van der Waals surface area contributed by atoms with Gasteiger partial charge in [0.15, 0.2) is 5.75 Å². The zero-order chi connectivity index (χ0) is 46.9. The number of allylic oxidation sites excluding steroid dienone is 2. The lowest BCUT2D eigenvalue weighted by Gasteiger charge is -2.45. The maximum atomic E-state index is 14.6. The highest BCUT2D eigenvalue weighted by Gasteiger charge is 2.50. The molecule has 64 heavy (non-hydrogen) atoms. The molecule has 16 nitrogen and oxygen atoms in total. The molecule has 0 aromatic heterocycles. The zero-order valence-electron chi connectivity index (χ0n) is 38.6. The van der Waals surface area contributed by atoms with Crippen LogP contribution in [0.5, 0.6) is 23.0 Å². The van der Waals surface area contributed by atoms with Gasteiger partial charge in [-0.2, -0.15) is 5.10 Å². The van der Waals surface area contributed by atoms with E-state index in [9.17, 15) is 39.9 Å². The molecule has 5 bridgehead atoms. The van der Waals surface area contributed by atoms with E-state index in [0.717, 1.165) is 32.4 Å². The van der Waals surface area contributed by atoms with Crippen LogP contribution in [0, 0.1) is 36.5 Å². The zero-order valence-corrected chi connectivity index (χ0v) is 38.6. The third-order valence-electron chi connectivity index (χ3n) is 13.9. The number of methoxy groups -OCH3 is 1. The van der Waals surface area contributed by atoms with E-state index in [2.05, 4.69) is 17.1 Å². The van der Waals surface area contributed by atoms with Gasteiger partial charge >= 0.3 is 11.8 Å². The van der Waals surface area contributed by atoms with Crippen molar-refractivity contribution in [2.75, 3.05) is 38.6 Å². The molecule has 350 valence electrons. The van der Waals surface area contributed by atoms with Crippen LogP contribution in [0.4, 0.5) is 5.69 Å². The van der Waals surface area contributed by atoms with Crippen LogP contribution in [0.1, 0.15) is 96.1 Å². The van der Waals surface area contributed by atoms with Crippen LogP contribution >= 0.6 is 0 Å². The highest BCUT2D eigenvalue weighted by Crippen LogP contribution is 2.55. The maximum Gasteiger partial charge on any atom is 0.312 e. The van der Waals surface area contributed by atoms with E-state index >= 15 is 0 Å². The highest BCUT2D eigenvalue weighted by atomic mass is 16.7. The number of amides is 1. The lowest BCUT2D eigenvalue weighted by atomic mass is 9.78. The monoisotopic (exact) mass is 890 g/mol.